The predicted octanol–water partition coefficient (Wildman–Crippen LogP) is -0.0421. The van der Waals surface area contributed by atoms with E-state index in [1.807, 2.05) is 11.6 Å². The van der Waals surface area contributed by atoms with Gasteiger partial charge in [-0.05, 0) is 0 Å². The Kier molecular flexibility index (Phi) is 2.69. The Labute approximate surface area is 82.9 Å². The summed E-state index contributed by atoms with van der Waals surface area (Å²) in [6.45, 7) is 4.23. The summed E-state index contributed by atoms with van der Waals surface area (Å²) in [5.74, 6) is 0.986. The summed E-state index contributed by atoms with van der Waals surface area (Å²) in [6, 6.07) is 0. The summed E-state index contributed by atoms with van der Waals surface area (Å²) in [6.07, 6.45) is 1.62. The fourth-order valence-corrected chi connectivity index (χ4v) is 1.59. The van der Waals surface area contributed by atoms with E-state index in [9.17, 15) is 5.11 Å². The van der Waals surface area contributed by atoms with Crippen molar-refractivity contribution < 1.29 is 9.84 Å². The lowest BCUT2D eigenvalue weighted by Crippen LogP contribution is -2.36. The molecule has 1 aliphatic rings. The number of hydrogen-bond acceptors (Lipinski definition) is 4. The maximum absolute atomic E-state index is 9.19. The first-order valence-corrected chi connectivity index (χ1v) is 4.77. The van der Waals surface area contributed by atoms with Gasteiger partial charge in [0, 0.05) is 20.1 Å². The lowest BCUT2D eigenvalue weighted by atomic mass is 10.4. The second-order valence-electron chi connectivity index (χ2n) is 3.51. The van der Waals surface area contributed by atoms with Crippen LogP contribution < -0.4 is 0 Å². The van der Waals surface area contributed by atoms with E-state index in [2.05, 4.69) is 9.88 Å². The lowest BCUT2D eigenvalue weighted by molar-refractivity contribution is 0.0327. The van der Waals surface area contributed by atoms with Crippen molar-refractivity contribution in [2.75, 3.05) is 26.3 Å². The fourth-order valence-electron chi connectivity index (χ4n) is 1.59. The highest BCUT2D eigenvalue weighted by atomic mass is 16.5. The SMILES string of the molecule is Cn1cc(O)nc1CN1CCOCC1. The average Bonchev–Trinajstić information content (AvgIpc) is 2.47. The van der Waals surface area contributed by atoms with Crippen LogP contribution in [0.2, 0.25) is 0 Å². The number of aromatic nitrogens is 2. The van der Waals surface area contributed by atoms with Crippen molar-refractivity contribution in [1.29, 1.82) is 0 Å². The number of ether oxygens (including phenoxy) is 1. The van der Waals surface area contributed by atoms with Crippen molar-refractivity contribution in [2.45, 2.75) is 6.54 Å². The molecule has 2 rings (SSSR count). The molecule has 5 nitrogen and oxygen atoms in total. The molecule has 0 aliphatic carbocycles. The number of aromatic hydroxyl groups is 1. The van der Waals surface area contributed by atoms with Gasteiger partial charge in [-0.2, -0.15) is 4.98 Å². The maximum atomic E-state index is 9.19. The minimum atomic E-state index is 0.0933. The predicted molar refractivity (Wildman–Crippen MR) is 51.0 cm³/mol. The molecule has 0 saturated carbocycles. The molecule has 1 aromatic heterocycles. The van der Waals surface area contributed by atoms with Gasteiger partial charge >= 0.3 is 0 Å². The summed E-state index contributed by atoms with van der Waals surface area (Å²) in [4.78, 5) is 6.31. The quantitative estimate of drug-likeness (QED) is 0.722. The zero-order valence-electron chi connectivity index (χ0n) is 8.31. The van der Waals surface area contributed by atoms with E-state index in [0.29, 0.717) is 0 Å². The largest absolute Gasteiger partial charge is 0.492 e. The molecule has 1 aromatic rings. The highest BCUT2D eigenvalue weighted by Crippen LogP contribution is 2.10. The molecule has 1 N–H and O–H groups in total. The smallest absolute Gasteiger partial charge is 0.229 e. The van der Waals surface area contributed by atoms with Crippen LogP contribution in [-0.2, 0) is 18.3 Å². The van der Waals surface area contributed by atoms with Crippen LogP contribution in [0.3, 0.4) is 0 Å². The summed E-state index contributed by atoms with van der Waals surface area (Å²) >= 11 is 0. The van der Waals surface area contributed by atoms with Crippen LogP contribution in [0.5, 0.6) is 5.88 Å². The van der Waals surface area contributed by atoms with Crippen molar-refractivity contribution in [2.24, 2.45) is 7.05 Å². The van der Waals surface area contributed by atoms with Gasteiger partial charge in [0.25, 0.3) is 0 Å². The monoisotopic (exact) mass is 197 g/mol. The number of morpholine rings is 1. The molecule has 0 bridgehead atoms. The minimum Gasteiger partial charge on any atom is -0.492 e. The van der Waals surface area contributed by atoms with Crippen LogP contribution in [0.4, 0.5) is 0 Å². The number of rotatable bonds is 2. The first kappa shape index (κ1) is 9.48. The van der Waals surface area contributed by atoms with Crippen molar-refractivity contribution >= 4 is 0 Å². The molecule has 0 aromatic carbocycles. The molecular weight excluding hydrogens is 182 g/mol. The molecule has 0 radical (unpaired) electrons. The van der Waals surface area contributed by atoms with Gasteiger partial charge in [0.2, 0.25) is 5.88 Å². The van der Waals surface area contributed by atoms with Crippen molar-refractivity contribution in [1.82, 2.24) is 14.5 Å². The third-order valence-electron chi connectivity index (χ3n) is 2.43. The minimum absolute atomic E-state index is 0.0933. The zero-order chi connectivity index (χ0) is 9.97. The summed E-state index contributed by atoms with van der Waals surface area (Å²) in [5, 5.41) is 9.19. The van der Waals surface area contributed by atoms with E-state index in [-0.39, 0.29) is 5.88 Å². The molecule has 78 valence electrons. The third kappa shape index (κ3) is 2.05. The van der Waals surface area contributed by atoms with Crippen molar-refractivity contribution in [3.05, 3.63) is 12.0 Å². The zero-order valence-corrected chi connectivity index (χ0v) is 8.31. The Bertz CT molecular complexity index is 305. The molecule has 1 aliphatic heterocycles. The van der Waals surface area contributed by atoms with Crippen LogP contribution in [0, 0.1) is 0 Å². The van der Waals surface area contributed by atoms with Gasteiger partial charge in [-0.25, -0.2) is 0 Å². The average molecular weight is 197 g/mol. The van der Waals surface area contributed by atoms with E-state index in [0.717, 1.165) is 38.7 Å². The number of imidazole rings is 1. The summed E-state index contributed by atoms with van der Waals surface area (Å²) in [7, 11) is 1.89. The van der Waals surface area contributed by atoms with Gasteiger partial charge in [0.15, 0.2) is 0 Å². The molecule has 14 heavy (non-hydrogen) atoms. The molecule has 2 heterocycles. The molecule has 0 spiro atoms. The Morgan fingerprint density at radius 2 is 2.21 bits per heavy atom. The fraction of sp³-hybridized carbons (Fsp3) is 0.667. The van der Waals surface area contributed by atoms with Crippen LogP contribution in [0.15, 0.2) is 6.20 Å². The topological polar surface area (TPSA) is 50.5 Å². The normalized spacial score (nSPS) is 18.6. The Morgan fingerprint density at radius 1 is 1.50 bits per heavy atom. The molecular formula is C9H15N3O2. The van der Waals surface area contributed by atoms with E-state index >= 15 is 0 Å². The van der Waals surface area contributed by atoms with Gasteiger partial charge in [0.1, 0.15) is 5.82 Å². The molecule has 0 amide bonds. The number of hydrogen-bond donors (Lipinski definition) is 1. The molecule has 1 fully saturated rings. The third-order valence-corrected chi connectivity index (χ3v) is 2.43. The van der Waals surface area contributed by atoms with E-state index in [1.54, 1.807) is 6.20 Å². The van der Waals surface area contributed by atoms with Crippen LogP contribution in [-0.4, -0.2) is 45.9 Å². The second-order valence-corrected chi connectivity index (χ2v) is 3.51. The van der Waals surface area contributed by atoms with E-state index < -0.39 is 0 Å². The first-order chi connectivity index (χ1) is 6.75. The molecule has 5 heteroatoms. The summed E-state index contributed by atoms with van der Waals surface area (Å²) in [5.41, 5.74) is 0. The lowest BCUT2D eigenvalue weighted by Gasteiger charge is -2.25. The van der Waals surface area contributed by atoms with Gasteiger partial charge < -0.3 is 14.4 Å². The van der Waals surface area contributed by atoms with Gasteiger partial charge in [-0.3, -0.25) is 4.90 Å². The van der Waals surface area contributed by atoms with Crippen molar-refractivity contribution in [3.63, 3.8) is 0 Å². The van der Waals surface area contributed by atoms with E-state index in [1.165, 1.54) is 0 Å². The van der Waals surface area contributed by atoms with Gasteiger partial charge in [-0.1, -0.05) is 0 Å². The standard InChI is InChI=1S/C9H15N3O2/c1-11-7-9(13)10-8(11)6-12-2-4-14-5-3-12/h7,13H,2-6H2,1H3. The molecule has 1 saturated heterocycles. The van der Waals surface area contributed by atoms with E-state index in [4.69, 9.17) is 4.74 Å². The molecule has 0 atom stereocenters. The van der Waals surface area contributed by atoms with Crippen molar-refractivity contribution in [3.8, 4) is 5.88 Å². The van der Waals surface area contributed by atoms with Gasteiger partial charge in [0.05, 0.1) is 26.0 Å². The number of nitrogens with zero attached hydrogens (tertiary/aromatic N) is 3. The van der Waals surface area contributed by atoms with Crippen LogP contribution in [0.1, 0.15) is 5.82 Å². The number of aryl methyl sites for hydroxylation is 1. The Hall–Kier alpha value is -1.07. The van der Waals surface area contributed by atoms with Gasteiger partial charge in [-0.15, -0.1) is 0 Å². The maximum Gasteiger partial charge on any atom is 0.229 e. The summed E-state index contributed by atoms with van der Waals surface area (Å²) < 4.78 is 7.11. The van der Waals surface area contributed by atoms with Crippen LogP contribution >= 0.6 is 0 Å². The first-order valence-electron chi connectivity index (χ1n) is 4.77. The highest BCUT2D eigenvalue weighted by Gasteiger charge is 2.13. The second kappa shape index (κ2) is 3.98. The Balaban J connectivity index is 1.98. The molecule has 0 unspecified atom stereocenters. The highest BCUT2D eigenvalue weighted by molar-refractivity contribution is 5.07. The Morgan fingerprint density at radius 3 is 2.79 bits per heavy atom. The van der Waals surface area contributed by atoms with Crippen LogP contribution in [0.25, 0.3) is 0 Å².